The monoisotopic (exact) mass is 328 g/mol. The van der Waals surface area contributed by atoms with Gasteiger partial charge in [0.05, 0.1) is 17.4 Å². The number of hydrogen-bond donors (Lipinski definition) is 1. The summed E-state index contributed by atoms with van der Waals surface area (Å²) in [7, 11) is 0. The van der Waals surface area contributed by atoms with Crippen LogP contribution in [0.2, 0.25) is 0 Å². The van der Waals surface area contributed by atoms with Gasteiger partial charge in [-0.3, -0.25) is 14.5 Å². The summed E-state index contributed by atoms with van der Waals surface area (Å²) >= 11 is 0. The summed E-state index contributed by atoms with van der Waals surface area (Å²) in [5, 5.41) is 0.618. The van der Waals surface area contributed by atoms with Crippen molar-refractivity contribution in [2.45, 2.75) is 32.7 Å². The fraction of sp³-hybridized carbons (Fsp3) is 0.500. The SMILES string of the molecule is CCCCC(=O)N1CCN(Cc2nc3ccccc3c(=O)[nH]2)CC1. The molecule has 3 rings (SSSR count). The highest BCUT2D eigenvalue weighted by molar-refractivity contribution is 5.77. The summed E-state index contributed by atoms with van der Waals surface area (Å²) in [6.07, 6.45) is 2.66. The van der Waals surface area contributed by atoms with Crippen LogP contribution in [0.5, 0.6) is 0 Å². The molecule has 0 unspecified atom stereocenters. The molecule has 1 N–H and O–H groups in total. The van der Waals surface area contributed by atoms with Gasteiger partial charge in [-0.25, -0.2) is 4.98 Å². The summed E-state index contributed by atoms with van der Waals surface area (Å²) < 4.78 is 0. The lowest BCUT2D eigenvalue weighted by Crippen LogP contribution is -2.48. The van der Waals surface area contributed by atoms with Crippen molar-refractivity contribution in [1.29, 1.82) is 0 Å². The van der Waals surface area contributed by atoms with Crippen molar-refractivity contribution in [3.63, 3.8) is 0 Å². The second kappa shape index (κ2) is 7.57. The number of unbranched alkanes of at least 4 members (excludes halogenated alkanes) is 1. The first kappa shape index (κ1) is 16.6. The Bertz CT molecular complexity index is 763. The number of piperazine rings is 1. The fourth-order valence-electron chi connectivity index (χ4n) is 3.06. The van der Waals surface area contributed by atoms with Crippen molar-refractivity contribution in [3.8, 4) is 0 Å². The van der Waals surface area contributed by atoms with Crippen molar-refractivity contribution in [2.75, 3.05) is 26.2 Å². The lowest BCUT2D eigenvalue weighted by molar-refractivity contribution is -0.133. The molecule has 0 spiro atoms. The number of aromatic nitrogens is 2. The third-order valence-electron chi connectivity index (χ3n) is 4.50. The number of aromatic amines is 1. The molecular weight excluding hydrogens is 304 g/mol. The molecule has 1 amide bonds. The van der Waals surface area contributed by atoms with Gasteiger partial charge in [0.2, 0.25) is 5.91 Å². The molecular formula is C18H24N4O2. The Hall–Kier alpha value is -2.21. The van der Waals surface area contributed by atoms with Crippen LogP contribution >= 0.6 is 0 Å². The molecule has 128 valence electrons. The van der Waals surface area contributed by atoms with Crippen molar-refractivity contribution >= 4 is 16.8 Å². The van der Waals surface area contributed by atoms with E-state index in [0.29, 0.717) is 24.2 Å². The summed E-state index contributed by atoms with van der Waals surface area (Å²) in [5.74, 6) is 0.943. The van der Waals surface area contributed by atoms with Crippen molar-refractivity contribution < 1.29 is 4.79 Å². The third kappa shape index (κ3) is 3.82. The number of para-hydroxylation sites is 1. The second-order valence-corrected chi connectivity index (χ2v) is 6.29. The summed E-state index contributed by atoms with van der Waals surface area (Å²) in [6.45, 7) is 5.84. The zero-order valence-corrected chi connectivity index (χ0v) is 14.1. The minimum atomic E-state index is -0.0935. The molecule has 0 saturated carbocycles. The average Bonchev–Trinajstić information content (AvgIpc) is 2.60. The van der Waals surface area contributed by atoms with Crippen LogP contribution in [0.1, 0.15) is 32.0 Å². The van der Waals surface area contributed by atoms with Gasteiger partial charge in [-0.2, -0.15) is 0 Å². The van der Waals surface area contributed by atoms with Gasteiger partial charge in [0.15, 0.2) is 0 Å². The van der Waals surface area contributed by atoms with Crippen LogP contribution in [0.4, 0.5) is 0 Å². The van der Waals surface area contributed by atoms with Gasteiger partial charge in [-0.05, 0) is 18.6 Å². The van der Waals surface area contributed by atoms with E-state index in [4.69, 9.17) is 0 Å². The molecule has 1 aliphatic rings. The Morgan fingerprint density at radius 2 is 1.96 bits per heavy atom. The summed E-state index contributed by atoms with van der Waals surface area (Å²) in [4.78, 5) is 35.8. The molecule has 2 heterocycles. The van der Waals surface area contributed by atoms with Crippen LogP contribution in [0.15, 0.2) is 29.1 Å². The highest BCUT2D eigenvalue weighted by atomic mass is 16.2. The first-order valence-electron chi connectivity index (χ1n) is 8.65. The zero-order valence-electron chi connectivity index (χ0n) is 14.1. The van der Waals surface area contributed by atoms with E-state index in [-0.39, 0.29) is 11.5 Å². The molecule has 24 heavy (non-hydrogen) atoms. The van der Waals surface area contributed by atoms with Gasteiger partial charge < -0.3 is 9.88 Å². The van der Waals surface area contributed by atoms with E-state index < -0.39 is 0 Å². The molecule has 0 bridgehead atoms. The summed E-state index contributed by atoms with van der Waals surface area (Å²) in [5.41, 5.74) is 0.633. The number of benzene rings is 1. The van der Waals surface area contributed by atoms with Crippen LogP contribution in [-0.2, 0) is 11.3 Å². The number of H-pyrrole nitrogens is 1. The Kier molecular flexibility index (Phi) is 5.25. The van der Waals surface area contributed by atoms with E-state index in [1.807, 2.05) is 23.1 Å². The molecule has 2 aromatic rings. The van der Waals surface area contributed by atoms with Gasteiger partial charge in [0.25, 0.3) is 5.56 Å². The van der Waals surface area contributed by atoms with E-state index in [0.717, 1.165) is 44.5 Å². The summed E-state index contributed by atoms with van der Waals surface area (Å²) in [6, 6.07) is 7.37. The first-order chi connectivity index (χ1) is 11.7. The Morgan fingerprint density at radius 1 is 1.21 bits per heavy atom. The van der Waals surface area contributed by atoms with Crippen LogP contribution in [0, 0.1) is 0 Å². The maximum Gasteiger partial charge on any atom is 0.258 e. The normalized spacial score (nSPS) is 15.8. The number of nitrogens with zero attached hydrogens (tertiary/aromatic N) is 3. The predicted molar refractivity (Wildman–Crippen MR) is 93.7 cm³/mol. The first-order valence-corrected chi connectivity index (χ1v) is 8.65. The molecule has 6 heteroatoms. The zero-order chi connectivity index (χ0) is 16.9. The van der Waals surface area contributed by atoms with E-state index in [1.165, 1.54) is 0 Å². The van der Waals surface area contributed by atoms with Crippen molar-refractivity contribution in [3.05, 3.63) is 40.4 Å². The molecule has 0 radical (unpaired) electrons. The number of carbonyl (C=O) groups excluding carboxylic acids is 1. The Balaban J connectivity index is 1.60. The maximum absolute atomic E-state index is 12.1. The van der Waals surface area contributed by atoms with E-state index in [9.17, 15) is 9.59 Å². The number of fused-ring (bicyclic) bond motifs is 1. The van der Waals surface area contributed by atoms with Crippen LogP contribution in [0.25, 0.3) is 10.9 Å². The maximum atomic E-state index is 12.1. The Labute approximate surface area is 141 Å². The number of hydrogen-bond acceptors (Lipinski definition) is 4. The predicted octanol–water partition coefficient (Wildman–Crippen LogP) is 1.76. The topological polar surface area (TPSA) is 69.3 Å². The minimum absolute atomic E-state index is 0.0935. The molecule has 1 saturated heterocycles. The highest BCUT2D eigenvalue weighted by Gasteiger charge is 2.21. The molecule has 1 aromatic heterocycles. The van der Waals surface area contributed by atoms with E-state index >= 15 is 0 Å². The largest absolute Gasteiger partial charge is 0.340 e. The smallest absolute Gasteiger partial charge is 0.258 e. The fourth-order valence-corrected chi connectivity index (χ4v) is 3.06. The molecule has 0 aliphatic carbocycles. The number of amides is 1. The standard InChI is InChI=1S/C18H24N4O2/c1-2-3-8-17(23)22-11-9-21(10-12-22)13-16-19-15-7-5-4-6-14(15)18(24)20-16/h4-7H,2-3,8-13H2,1H3,(H,19,20,24). The quantitative estimate of drug-likeness (QED) is 0.908. The van der Waals surface area contributed by atoms with E-state index in [2.05, 4.69) is 21.8 Å². The lowest BCUT2D eigenvalue weighted by Gasteiger charge is -2.34. The van der Waals surface area contributed by atoms with Gasteiger partial charge >= 0.3 is 0 Å². The van der Waals surface area contributed by atoms with Gasteiger partial charge in [0.1, 0.15) is 5.82 Å². The number of nitrogens with one attached hydrogen (secondary N) is 1. The molecule has 0 atom stereocenters. The average molecular weight is 328 g/mol. The molecule has 1 fully saturated rings. The van der Waals surface area contributed by atoms with Crippen molar-refractivity contribution in [2.24, 2.45) is 0 Å². The van der Waals surface area contributed by atoms with Gasteiger partial charge in [0, 0.05) is 32.6 Å². The van der Waals surface area contributed by atoms with Crippen LogP contribution in [-0.4, -0.2) is 51.9 Å². The van der Waals surface area contributed by atoms with Gasteiger partial charge in [-0.15, -0.1) is 0 Å². The van der Waals surface area contributed by atoms with Crippen LogP contribution < -0.4 is 5.56 Å². The molecule has 1 aromatic carbocycles. The number of carbonyl (C=O) groups is 1. The highest BCUT2D eigenvalue weighted by Crippen LogP contribution is 2.10. The Morgan fingerprint density at radius 3 is 2.71 bits per heavy atom. The molecule has 1 aliphatic heterocycles. The van der Waals surface area contributed by atoms with Crippen LogP contribution in [0.3, 0.4) is 0 Å². The van der Waals surface area contributed by atoms with E-state index in [1.54, 1.807) is 6.07 Å². The third-order valence-corrected chi connectivity index (χ3v) is 4.50. The van der Waals surface area contributed by atoms with Gasteiger partial charge in [-0.1, -0.05) is 25.5 Å². The number of rotatable bonds is 5. The van der Waals surface area contributed by atoms with Crippen molar-refractivity contribution in [1.82, 2.24) is 19.8 Å². The molecule has 6 nitrogen and oxygen atoms in total. The minimum Gasteiger partial charge on any atom is -0.340 e. The second-order valence-electron chi connectivity index (χ2n) is 6.29. The lowest BCUT2D eigenvalue weighted by atomic mass is 10.2.